The highest BCUT2D eigenvalue weighted by molar-refractivity contribution is 7.99. The summed E-state index contributed by atoms with van der Waals surface area (Å²) >= 11 is 1.40. The van der Waals surface area contributed by atoms with Crippen molar-refractivity contribution in [2.24, 2.45) is 5.10 Å². The topological polar surface area (TPSA) is 76.5 Å². The van der Waals surface area contributed by atoms with Crippen LogP contribution in [0.5, 0.6) is 0 Å². The van der Waals surface area contributed by atoms with E-state index in [0.717, 1.165) is 40.9 Å². The number of rotatable bonds is 8. The second kappa shape index (κ2) is 8.78. The van der Waals surface area contributed by atoms with Gasteiger partial charge in [0, 0.05) is 18.9 Å². The standard InChI is InChI=1S/C24H25N5O2S/c1-3-12-28-23(18-10-11-18)25-26-24(28)32-15-22(30)29-20(21-5-4-13-31-21)14-19(27-29)17-8-6-16(2)7-9-17/h3-9,13,18,20H,1,10-12,14-15H2,2H3. The molecule has 1 fully saturated rings. The average molecular weight is 448 g/mol. The molecule has 0 saturated heterocycles. The Bertz CT molecular complexity index is 1150. The molecule has 5 rings (SSSR count). The largest absolute Gasteiger partial charge is 0.467 e. The van der Waals surface area contributed by atoms with E-state index >= 15 is 0 Å². The molecule has 2 aromatic heterocycles. The SMILES string of the molecule is C=CCn1c(SCC(=O)N2N=C(c3ccc(C)cc3)CC2c2ccco2)nnc1C1CC1. The highest BCUT2D eigenvalue weighted by atomic mass is 32.2. The number of hydrazone groups is 1. The van der Waals surface area contributed by atoms with Gasteiger partial charge in [0.1, 0.15) is 17.6 Å². The zero-order valence-corrected chi connectivity index (χ0v) is 18.8. The van der Waals surface area contributed by atoms with Gasteiger partial charge in [-0.25, -0.2) is 5.01 Å². The smallest absolute Gasteiger partial charge is 0.253 e. The van der Waals surface area contributed by atoms with E-state index in [0.29, 0.717) is 18.9 Å². The summed E-state index contributed by atoms with van der Waals surface area (Å²) in [6.45, 7) is 6.54. The van der Waals surface area contributed by atoms with Crippen LogP contribution in [0.25, 0.3) is 0 Å². The fourth-order valence-corrected chi connectivity index (χ4v) is 4.71. The van der Waals surface area contributed by atoms with Crippen molar-refractivity contribution in [2.75, 3.05) is 5.75 Å². The Kier molecular flexibility index (Phi) is 5.70. The molecule has 164 valence electrons. The van der Waals surface area contributed by atoms with E-state index in [1.165, 1.54) is 17.3 Å². The number of hydrogen-bond acceptors (Lipinski definition) is 6. The molecule has 1 unspecified atom stereocenters. The van der Waals surface area contributed by atoms with Crippen LogP contribution in [0.3, 0.4) is 0 Å². The number of aromatic nitrogens is 3. The van der Waals surface area contributed by atoms with Gasteiger partial charge in [-0.1, -0.05) is 47.7 Å². The van der Waals surface area contributed by atoms with Gasteiger partial charge in [-0.3, -0.25) is 4.79 Å². The van der Waals surface area contributed by atoms with Gasteiger partial charge in [0.05, 0.1) is 17.7 Å². The number of aryl methyl sites for hydroxylation is 1. The minimum absolute atomic E-state index is 0.0837. The van der Waals surface area contributed by atoms with Crippen LogP contribution in [-0.2, 0) is 11.3 Å². The molecule has 8 heteroatoms. The van der Waals surface area contributed by atoms with E-state index < -0.39 is 0 Å². The third-order valence-electron chi connectivity index (χ3n) is 5.75. The second-order valence-electron chi connectivity index (χ2n) is 8.19. The maximum absolute atomic E-state index is 13.3. The minimum Gasteiger partial charge on any atom is -0.467 e. The molecule has 2 aliphatic rings. The lowest BCUT2D eigenvalue weighted by atomic mass is 10.0. The summed E-state index contributed by atoms with van der Waals surface area (Å²) < 4.78 is 7.71. The van der Waals surface area contributed by atoms with Crippen LogP contribution in [0.15, 0.2) is 70.0 Å². The molecule has 32 heavy (non-hydrogen) atoms. The van der Waals surface area contributed by atoms with Crippen LogP contribution >= 0.6 is 11.8 Å². The van der Waals surface area contributed by atoms with E-state index in [2.05, 4.69) is 40.4 Å². The lowest BCUT2D eigenvalue weighted by Crippen LogP contribution is -2.28. The van der Waals surface area contributed by atoms with Crippen molar-refractivity contribution in [3.63, 3.8) is 0 Å². The third-order valence-corrected chi connectivity index (χ3v) is 6.70. The van der Waals surface area contributed by atoms with E-state index in [9.17, 15) is 4.79 Å². The first-order chi connectivity index (χ1) is 15.6. The van der Waals surface area contributed by atoms with Crippen LogP contribution in [0, 0.1) is 6.92 Å². The Labute approximate surface area is 191 Å². The number of hydrogen-bond donors (Lipinski definition) is 0. The lowest BCUT2D eigenvalue weighted by Gasteiger charge is -2.19. The first-order valence-electron chi connectivity index (χ1n) is 10.8. The summed E-state index contributed by atoms with van der Waals surface area (Å²) in [5.74, 6) is 2.35. The molecule has 0 bridgehead atoms. The molecule has 3 aromatic rings. The molecular formula is C24H25N5O2S. The highest BCUT2D eigenvalue weighted by Crippen LogP contribution is 2.40. The zero-order valence-electron chi connectivity index (χ0n) is 18.0. The number of carbonyl (C=O) groups is 1. The molecular weight excluding hydrogens is 422 g/mol. The van der Waals surface area contributed by atoms with Gasteiger partial charge in [0.25, 0.3) is 5.91 Å². The highest BCUT2D eigenvalue weighted by Gasteiger charge is 2.35. The minimum atomic E-state index is -0.248. The fraction of sp³-hybridized carbons (Fsp3) is 0.333. The van der Waals surface area contributed by atoms with Crippen molar-refractivity contribution in [3.8, 4) is 0 Å². The molecule has 0 N–H and O–H groups in total. The molecule has 0 radical (unpaired) electrons. The Hall–Kier alpha value is -3.13. The lowest BCUT2D eigenvalue weighted by molar-refractivity contribution is -0.130. The number of furan rings is 1. The molecule has 3 heterocycles. The average Bonchev–Trinajstić information content (AvgIpc) is 3.19. The van der Waals surface area contributed by atoms with E-state index in [-0.39, 0.29) is 17.7 Å². The number of carbonyl (C=O) groups excluding carboxylic acids is 1. The van der Waals surface area contributed by atoms with Crippen molar-refractivity contribution < 1.29 is 9.21 Å². The van der Waals surface area contributed by atoms with Gasteiger partial charge in [-0.05, 0) is 37.5 Å². The van der Waals surface area contributed by atoms with Crippen molar-refractivity contribution in [2.45, 2.75) is 49.8 Å². The molecule has 0 spiro atoms. The summed E-state index contributed by atoms with van der Waals surface area (Å²) in [5.41, 5.74) is 3.10. The predicted octanol–water partition coefficient (Wildman–Crippen LogP) is 4.71. The normalized spacial score (nSPS) is 18.1. The number of thioether (sulfide) groups is 1. The summed E-state index contributed by atoms with van der Waals surface area (Å²) in [4.78, 5) is 13.3. The maximum atomic E-state index is 13.3. The Morgan fingerprint density at radius 2 is 2.06 bits per heavy atom. The molecule has 1 aliphatic carbocycles. The quantitative estimate of drug-likeness (QED) is 0.369. The first kappa shape index (κ1) is 20.8. The van der Waals surface area contributed by atoms with Gasteiger partial charge in [-0.2, -0.15) is 5.10 Å². The molecule has 1 atom stereocenters. The predicted molar refractivity (Wildman–Crippen MR) is 124 cm³/mol. The van der Waals surface area contributed by atoms with Gasteiger partial charge in [0.2, 0.25) is 0 Å². The van der Waals surface area contributed by atoms with Crippen LogP contribution in [-0.4, -0.2) is 37.1 Å². The van der Waals surface area contributed by atoms with Gasteiger partial charge in [0.15, 0.2) is 5.16 Å². The number of allylic oxidation sites excluding steroid dienone is 1. The third kappa shape index (κ3) is 4.14. The molecule has 7 nitrogen and oxygen atoms in total. The molecule has 1 aliphatic heterocycles. The van der Waals surface area contributed by atoms with Crippen LogP contribution < -0.4 is 0 Å². The van der Waals surface area contributed by atoms with Crippen molar-refractivity contribution in [3.05, 3.63) is 78.0 Å². The van der Waals surface area contributed by atoms with Crippen molar-refractivity contribution >= 4 is 23.4 Å². The maximum Gasteiger partial charge on any atom is 0.253 e. The van der Waals surface area contributed by atoms with Gasteiger partial charge >= 0.3 is 0 Å². The summed E-state index contributed by atoms with van der Waals surface area (Å²) in [6.07, 6.45) is 6.38. The first-order valence-corrected chi connectivity index (χ1v) is 11.8. The van der Waals surface area contributed by atoms with Crippen LogP contribution in [0.4, 0.5) is 0 Å². The number of benzene rings is 1. The Morgan fingerprint density at radius 1 is 1.25 bits per heavy atom. The Balaban J connectivity index is 1.35. The van der Waals surface area contributed by atoms with E-state index in [1.807, 2.05) is 30.3 Å². The van der Waals surface area contributed by atoms with Gasteiger partial charge in [-0.15, -0.1) is 16.8 Å². The van der Waals surface area contributed by atoms with E-state index in [4.69, 9.17) is 9.52 Å². The van der Waals surface area contributed by atoms with Crippen LogP contribution in [0.2, 0.25) is 0 Å². The monoisotopic (exact) mass is 447 g/mol. The number of nitrogens with zero attached hydrogens (tertiary/aromatic N) is 5. The Morgan fingerprint density at radius 3 is 2.75 bits per heavy atom. The van der Waals surface area contributed by atoms with E-state index in [1.54, 1.807) is 11.3 Å². The number of amides is 1. The summed E-state index contributed by atoms with van der Waals surface area (Å²) in [6, 6.07) is 11.7. The molecule has 1 aromatic carbocycles. The molecule has 1 amide bonds. The van der Waals surface area contributed by atoms with Crippen molar-refractivity contribution in [1.29, 1.82) is 0 Å². The summed E-state index contributed by atoms with van der Waals surface area (Å²) in [5, 5.41) is 15.7. The second-order valence-corrected chi connectivity index (χ2v) is 9.13. The van der Waals surface area contributed by atoms with Crippen molar-refractivity contribution in [1.82, 2.24) is 19.8 Å². The fourth-order valence-electron chi connectivity index (χ4n) is 3.91. The summed E-state index contributed by atoms with van der Waals surface area (Å²) in [7, 11) is 0. The van der Waals surface area contributed by atoms with Gasteiger partial charge < -0.3 is 8.98 Å². The van der Waals surface area contributed by atoms with Crippen LogP contribution in [0.1, 0.15) is 53.9 Å². The molecule has 1 saturated carbocycles. The zero-order chi connectivity index (χ0) is 22.1.